The zero-order chi connectivity index (χ0) is 21.4. The molecule has 2 heterocycles. The molecule has 0 amide bonds. The molecule has 0 fully saturated rings. The van der Waals surface area contributed by atoms with Crippen LogP contribution in [0, 0.1) is 0 Å². The van der Waals surface area contributed by atoms with E-state index in [-0.39, 0.29) is 0 Å². The standard InChI is InChI=1S/C25H21N3O3/c1-29-19-12-8-7-11-16(19)24-18-14-21(31-3)20(30-2)13-17(18)22-23(27-28-25(22)26-24)15-9-5-4-6-10-15/h4-14H,1-3H3,(H,26,27,28). The molecular formula is C25H21N3O3. The first-order chi connectivity index (χ1) is 15.2. The summed E-state index contributed by atoms with van der Waals surface area (Å²) in [5.41, 5.74) is 4.22. The van der Waals surface area contributed by atoms with Crippen LogP contribution in [-0.2, 0) is 0 Å². The number of para-hydroxylation sites is 1. The molecule has 6 nitrogen and oxygen atoms in total. The molecule has 0 aliphatic rings. The maximum atomic E-state index is 5.61. The van der Waals surface area contributed by atoms with E-state index in [2.05, 4.69) is 10.2 Å². The van der Waals surface area contributed by atoms with Gasteiger partial charge >= 0.3 is 0 Å². The van der Waals surface area contributed by atoms with Gasteiger partial charge in [-0.3, -0.25) is 5.10 Å². The number of pyridine rings is 1. The van der Waals surface area contributed by atoms with E-state index in [1.54, 1.807) is 21.3 Å². The normalized spacial score (nSPS) is 11.1. The second-order valence-electron chi connectivity index (χ2n) is 7.08. The molecule has 0 aliphatic heterocycles. The number of aromatic amines is 1. The molecule has 5 aromatic rings. The molecule has 5 rings (SSSR count). The SMILES string of the molecule is COc1cc2c(-c3ccccc3OC)nc3n[nH]c(-c4ccccc4)c3c2cc1OC. The van der Waals surface area contributed by atoms with Gasteiger partial charge in [-0.25, -0.2) is 4.98 Å². The number of fused-ring (bicyclic) bond motifs is 3. The van der Waals surface area contributed by atoms with Gasteiger partial charge in [0, 0.05) is 21.9 Å². The minimum Gasteiger partial charge on any atom is -0.496 e. The lowest BCUT2D eigenvalue weighted by molar-refractivity contribution is 0.356. The van der Waals surface area contributed by atoms with Gasteiger partial charge in [0.2, 0.25) is 0 Å². The summed E-state index contributed by atoms with van der Waals surface area (Å²) in [6.45, 7) is 0. The predicted molar refractivity (Wildman–Crippen MR) is 122 cm³/mol. The number of aromatic nitrogens is 3. The fourth-order valence-corrected chi connectivity index (χ4v) is 3.98. The maximum absolute atomic E-state index is 5.61. The second-order valence-corrected chi connectivity index (χ2v) is 7.08. The van der Waals surface area contributed by atoms with E-state index in [1.165, 1.54) is 0 Å². The summed E-state index contributed by atoms with van der Waals surface area (Å²) >= 11 is 0. The molecule has 3 aromatic carbocycles. The maximum Gasteiger partial charge on any atom is 0.182 e. The molecule has 0 aliphatic carbocycles. The summed E-state index contributed by atoms with van der Waals surface area (Å²) < 4.78 is 16.8. The summed E-state index contributed by atoms with van der Waals surface area (Å²) in [5.74, 6) is 2.02. The third kappa shape index (κ3) is 3.04. The van der Waals surface area contributed by atoms with Gasteiger partial charge in [0.05, 0.1) is 38.1 Å². The van der Waals surface area contributed by atoms with Crippen LogP contribution in [0.5, 0.6) is 17.2 Å². The third-order valence-corrected chi connectivity index (χ3v) is 5.44. The molecule has 2 aromatic heterocycles. The Balaban J connectivity index is 1.93. The molecule has 6 heteroatoms. The number of methoxy groups -OCH3 is 3. The van der Waals surface area contributed by atoms with Gasteiger partial charge in [0.1, 0.15) is 5.75 Å². The van der Waals surface area contributed by atoms with Crippen LogP contribution in [0.4, 0.5) is 0 Å². The highest BCUT2D eigenvalue weighted by molar-refractivity contribution is 6.16. The number of rotatable bonds is 5. The van der Waals surface area contributed by atoms with E-state index in [0.29, 0.717) is 17.1 Å². The van der Waals surface area contributed by atoms with Crippen molar-refractivity contribution in [3.63, 3.8) is 0 Å². The highest BCUT2D eigenvalue weighted by atomic mass is 16.5. The Hall–Kier alpha value is -4.06. The molecular weight excluding hydrogens is 390 g/mol. The summed E-state index contributed by atoms with van der Waals surface area (Å²) in [5, 5.41) is 10.5. The lowest BCUT2D eigenvalue weighted by Crippen LogP contribution is -1.95. The Morgan fingerprint density at radius 3 is 2.06 bits per heavy atom. The van der Waals surface area contributed by atoms with Crippen molar-refractivity contribution >= 4 is 21.8 Å². The van der Waals surface area contributed by atoms with Crippen molar-refractivity contribution in [1.29, 1.82) is 0 Å². The highest BCUT2D eigenvalue weighted by Crippen LogP contribution is 2.43. The minimum absolute atomic E-state index is 0.625. The van der Waals surface area contributed by atoms with Gasteiger partial charge in [-0.15, -0.1) is 0 Å². The molecule has 0 atom stereocenters. The zero-order valence-corrected chi connectivity index (χ0v) is 17.5. The quantitative estimate of drug-likeness (QED) is 0.415. The number of hydrogen-bond acceptors (Lipinski definition) is 5. The Morgan fingerprint density at radius 2 is 1.35 bits per heavy atom. The van der Waals surface area contributed by atoms with Gasteiger partial charge < -0.3 is 14.2 Å². The average molecular weight is 411 g/mol. The van der Waals surface area contributed by atoms with Gasteiger partial charge in [-0.2, -0.15) is 5.10 Å². The average Bonchev–Trinajstić information content (AvgIpc) is 3.27. The molecule has 1 N–H and O–H groups in total. The van der Waals surface area contributed by atoms with Crippen LogP contribution in [0.3, 0.4) is 0 Å². The van der Waals surface area contributed by atoms with E-state index in [9.17, 15) is 0 Å². The molecule has 0 bridgehead atoms. The van der Waals surface area contributed by atoms with Gasteiger partial charge in [0.15, 0.2) is 17.1 Å². The van der Waals surface area contributed by atoms with E-state index < -0.39 is 0 Å². The molecule has 154 valence electrons. The van der Waals surface area contributed by atoms with Crippen LogP contribution in [0.15, 0.2) is 66.7 Å². The molecule has 0 spiro atoms. The fourth-order valence-electron chi connectivity index (χ4n) is 3.98. The molecule has 31 heavy (non-hydrogen) atoms. The zero-order valence-electron chi connectivity index (χ0n) is 17.5. The van der Waals surface area contributed by atoms with Crippen molar-refractivity contribution in [2.75, 3.05) is 21.3 Å². The van der Waals surface area contributed by atoms with Crippen molar-refractivity contribution in [3.05, 3.63) is 66.7 Å². The fraction of sp³-hybridized carbons (Fsp3) is 0.120. The van der Waals surface area contributed by atoms with E-state index in [0.717, 1.165) is 44.4 Å². The van der Waals surface area contributed by atoms with Crippen molar-refractivity contribution in [1.82, 2.24) is 15.2 Å². The van der Waals surface area contributed by atoms with Crippen LogP contribution in [0.25, 0.3) is 44.3 Å². The predicted octanol–water partition coefficient (Wildman–Crippen LogP) is 5.47. The summed E-state index contributed by atoms with van der Waals surface area (Å²) in [6, 6.07) is 21.9. The smallest absolute Gasteiger partial charge is 0.182 e. The third-order valence-electron chi connectivity index (χ3n) is 5.44. The largest absolute Gasteiger partial charge is 0.496 e. The van der Waals surface area contributed by atoms with Crippen molar-refractivity contribution in [2.45, 2.75) is 0 Å². The number of ether oxygens (including phenoxy) is 3. The van der Waals surface area contributed by atoms with E-state index >= 15 is 0 Å². The highest BCUT2D eigenvalue weighted by Gasteiger charge is 2.21. The van der Waals surface area contributed by atoms with Crippen molar-refractivity contribution in [2.24, 2.45) is 0 Å². The first kappa shape index (κ1) is 18.9. The Labute approximate surface area is 179 Å². The molecule has 0 saturated heterocycles. The topological polar surface area (TPSA) is 69.3 Å². The van der Waals surface area contributed by atoms with E-state index in [1.807, 2.05) is 66.7 Å². The van der Waals surface area contributed by atoms with Crippen LogP contribution in [0.2, 0.25) is 0 Å². The summed E-state index contributed by atoms with van der Waals surface area (Å²) in [7, 11) is 4.92. The number of H-pyrrole nitrogens is 1. The van der Waals surface area contributed by atoms with Crippen LogP contribution < -0.4 is 14.2 Å². The van der Waals surface area contributed by atoms with Crippen molar-refractivity contribution in [3.8, 4) is 39.8 Å². The van der Waals surface area contributed by atoms with Crippen LogP contribution in [-0.4, -0.2) is 36.5 Å². The number of benzene rings is 3. The Morgan fingerprint density at radius 1 is 0.710 bits per heavy atom. The summed E-state index contributed by atoms with van der Waals surface area (Å²) in [6.07, 6.45) is 0. The Kier molecular flexibility index (Phi) is 4.67. The molecule has 0 saturated carbocycles. The van der Waals surface area contributed by atoms with Gasteiger partial charge in [0.25, 0.3) is 0 Å². The number of nitrogens with zero attached hydrogens (tertiary/aromatic N) is 2. The van der Waals surface area contributed by atoms with Crippen molar-refractivity contribution < 1.29 is 14.2 Å². The van der Waals surface area contributed by atoms with E-state index in [4.69, 9.17) is 19.2 Å². The lowest BCUT2D eigenvalue weighted by atomic mass is 9.98. The second kappa shape index (κ2) is 7.65. The number of nitrogens with one attached hydrogen (secondary N) is 1. The number of hydrogen-bond donors (Lipinski definition) is 1. The first-order valence-corrected chi connectivity index (χ1v) is 9.87. The van der Waals surface area contributed by atoms with Crippen LogP contribution in [0.1, 0.15) is 0 Å². The Bertz CT molecular complexity index is 1390. The van der Waals surface area contributed by atoms with Crippen LogP contribution >= 0.6 is 0 Å². The van der Waals surface area contributed by atoms with Gasteiger partial charge in [-0.05, 0) is 24.3 Å². The van der Waals surface area contributed by atoms with Gasteiger partial charge in [-0.1, -0.05) is 42.5 Å². The molecule has 0 unspecified atom stereocenters. The molecule has 0 radical (unpaired) electrons. The summed E-state index contributed by atoms with van der Waals surface area (Å²) in [4.78, 5) is 4.94. The minimum atomic E-state index is 0.625. The lowest BCUT2D eigenvalue weighted by Gasteiger charge is -2.14. The first-order valence-electron chi connectivity index (χ1n) is 9.87. The monoisotopic (exact) mass is 411 g/mol.